The predicted octanol–water partition coefficient (Wildman–Crippen LogP) is 2.48. The fraction of sp³-hybridized carbons (Fsp3) is 0.300. The number of carbonyl (C=O) groups is 2. The van der Waals surface area contributed by atoms with Crippen molar-refractivity contribution >= 4 is 33.2 Å². The maximum absolute atomic E-state index is 12.6. The van der Waals surface area contributed by atoms with Crippen LogP contribution in [0.3, 0.4) is 0 Å². The molecular weight excluding hydrogens is 378 g/mol. The number of nitrogens with zero attached hydrogens (tertiary/aromatic N) is 1. The molecule has 0 aromatic heterocycles. The molecule has 2 N–H and O–H groups in total. The number of benzene rings is 2. The molecule has 2 rings (SSSR count). The van der Waals surface area contributed by atoms with Crippen molar-refractivity contribution in [2.75, 3.05) is 29.5 Å². The third-order valence-electron chi connectivity index (χ3n) is 4.05. The van der Waals surface area contributed by atoms with Crippen molar-refractivity contribution in [1.82, 2.24) is 4.31 Å². The predicted molar refractivity (Wildman–Crippen MR) is 111 cm³/mol. The molecule has 0 bridgehead atoms. The summed E-state index contributed by atoms with van der Waals surface area (Å²) < 4.78 is 26.3. The lowest BCUT2D eigenvalue weighted by Gasteiger charge is -2.20. The fourth-order valence-corrected chi connectivity index (χ4v) is 4.09. The maximum atomic E-state index is 12.6. The van der Waals surface area contributed by atoms with Gasteiger partial charge in [-0.15, -0.1) is 0 Å². The van der Waals surface area contributed by atoms with Gasteiger partial charge in [0.05, 0.1) is 12.3 Å². The minimum Gasteiger partial charge on any atom is -0.326 e. The van der Waals surface area contributed by atoms with Crippen LogP contribution in [0.1, 0.15) is 19.4 Å². The van der Waals surface area contributed by atoms with Crippen molar-refractivity contribution in [3.8, 4) is 0 Å². The summed E-state index contributed by atoms with van der Waals surface area (Å²) in [4.78, 5) is 23.3. The van der Waals surface area contributed by atoms with E-state index in [4.69, 9.17) is 0 Å². The lowest BCUT2D eigenvalue weighted by Crippen LogP contribution is -2.39. The van der Waals surface area contributed by atoms with Crippen LogP contribution in [0, 0.1) is 0 Å². The minimum atomic E-state index is -3.55. The van der Waals surface area contributed by atoms with Crippen molar-refractivity contribution < 1.29 is 18.0 Å². The Balaban J connectivity index is 1.93. The van der Waals surface area contributed by atoms with Gasteiger partial charge in [0.1, 0.15) is 0 Å². The number of anilines is 2. The number of likely N-dealkylation sites (N-methyl/N-ethyl adjacent to an activating group) is 1. The van der Waals surface area contributed by atoms with Crippen molar-refractivity contribution in [3.05, 3.63) is 60.2 Å². The Bertz CT molecular complexity index is 897. The molecule has 0 aliphatic carbocycles. The van der Waals surface area contributed by atoms with Crippen LogP contribution >= 0.6 is 0 Å². The zero-order chi connectivity index (χ0) is 20.6. The van der Waals surface area contributed by atoms with Gasteiger partial charge in [0.25, 0.3) is 0 Å². The lowest BCUT2D eigenvalue weighted by molar-refractivity contribution is -0.116. The molecule has 2 aromatic rings. The summed E-state index contributed by atoms with van der Waals surface area (Å²) in [6.45, 7) is 3.08. The average Bonchev–Trinajstić information content (AvgIpc) is 2.66. The van der Waals surface area contributed by atoms with Gasteiger partial charge in [0, 0.05) is 24.8 Å². The molecule has 2 aromatic carbocycles. The number of amides is 2. The van der Waals surface area contributed by atoms with Crippen LogP contribution in [0.2, 0.25) is 0 Å². The summed E-state index contributed by atoms with van der Waals surface area (Å²) >= 11 is 0. The van der Waals surface area contributed by atoms with Crippen molar-refractivity contribution in [2.24, 2.45) is 0 Å². The Morgan fingerprint density at radius 3 is 2.04 bits per heavy atom. The van der Waals surface area contributed by atoms with Crippen LogP contribution in [0.5, 0.6) is 0 Å². The van der Waals surface area contributed by atoms with Crippen LogP contribution in [-0.2, 0) is 26.0 Å². The van der Waals surface area contributed by atoms with E-state index in [0.29, 0.717) is 17.8 Å². The first-order valence-corrected chi connectivity index (χ1v) is 10.6. The van der Waals surface area contributed by atoms with Crippen LogP contribution < -0.4 is 10.6 Å². The number of aryl methyl sites for hydroxylation is 1. The van der Waals surface area contributed by atoms with E-state index in [1.165, 1.54) is 11.2 Å². The Labute approximate surface area is 165 Å². The lowest BCUT2D eigenvalue weighted by atomic mass is 10.2. The van der Waals surface area contributed by atoms with Crippen LogP contribution in [0.15, 0.2) is 54.6 Å². The van der Waals surface area contributed by atoms with Gasteiger partial charge in [-0.3, -0.25) is 9.59 Å². The molecule has 0 spiro atoms. The van der Waals surface area contributed by atoms with Crippen LogP contribution in [0.25, 0.3) is 0 Å². The number of hydrogen-bond acceptors (Lipinski definition) is 4. The van der Waals surface area contributed by atoms with E-state index in [2.05, 4.69) is 10.6 Å². The third kappa shape index (κ3) is 6.79. The minimum absolute atomic E-state index is 0.0520. The number of rotatable bonds is 9. The molecule has 7 nitrogen and oxygen atoms in total. The van der Waals surface area contributed by atoms with E-state index in [-0.39, 0.29) is 24.7 Å². The normalized spacial score (nSPS) is 11.2. The first-order chi connectivity index (χ1) is 13.3. The molecule has 0 aliphatic rings. The van der Waals surface area contributed by atoms with Crippen LogP contribution in [0.4, 0.5) is 11.4 Å². The maximum Gasteiger partial charge on any atom is 0.239 e. The smallest absolute Gasteiger partial charge is 0.239 e. The van der Waals surface area contributed by atoms with Gasteiger partial charge in [-0.1, -0.05) is 37.3 Å². The SMILES string of the molecule is CCN(CC(=O)Nc1ccc(NC(C)=O)cc1)S(=O)(=O)CCc1ccccc1. The van der Waals surface area contributed by atoms with Gasteiger partial charge in [-0.05, 0) is 36.2 Å². The molecular formula is C20H25N3O4S. The monoisotopic (exact) mass is 403 g/mol. The van der Waals surface area contributed by atoms with E-state index < -0.39 is 15.9 Å². The van der Waals surface area contributed by atoms with E-state index in [1.807, 2.05) is 30.3 Å². The van der Waals surface area contributed by atoms with Gasteiger partial charge < -0.3 is 10.6 Å². The molecule has 0 fully saturated rings. The molecule has 0 aliphatic heterocycles. The van der Waals surface area contributed by atoms with Gasteiger partial charge >= 0.3 is 0 Å². The van der Waals surface area contributed by atoms with E-state index in [9.17, 15) is 18.0 Å². The van der Waals surface area contributed by atoms with Gasteiger partial charge in [0.15, 0.2) is 0 Å². The number of hydrogen-bond donors (Lipinski definition) is 2. The van der Waals surface area contributed by atoms with E-state index in [1.54, 1.807) is 31.2 Å². The molecule has 0 saturated carbocycles. The largest absolute Gasteiger partial charge is 0.326 e. The second kappa shape index (κ2) is 10.0. The summed E-state index contributed by atoms with van der Waals surface area (Å²) in [5.74, 6) is -0.655. The highest BCUT2D eigenvalue weighted by molar-refractivity contribution is 7.89. The average molecular weight is 404 g/mol. The molecule has 28 heavy (non-hydrogen) atoms. The summed E-state index contributed by atoms with van der Waals surface area (Å²) in [5.41, 5.74) is 2.08. The van der Waals surface area contributed by atoms with E-state index in [0.717, 1.165) is 5.56 Å². The fourth-order valence-electron chi connectivity index (χ4n) is 2.63. The van der Waals surface area contributed by atoms with E-state index >= 15 is 0 Å². The summed E-state index contributed by atoms with van der Waals surface area (Å²) in [6.07, 6.45) is 0.395. The zero-order valence-corrected chi connectivity index (χ0v) is 16.8. The molecule has 8 heteroatoms. The summed E-state index contributed by atoms with van der Waals surface area (Å²) in [5, 5.41) is 5.31. The molecule has 0 heterocycles. The zero-order valence-electron chi connectivity index (χ0n) is 16.0. The number of nitrogens with one attached hydrogen (secondary N) is 2. The first-order valence-electron chi connectivity index (χ1n) is 8.99. The number of sulfonamides is 1. The molecule has 2 amide bonds. The molecule has 150 valence electrons. The first kappa shape index (κ1) is 21.6. The van der Waals surface area contributed by atoms with Gasteiger partial charge in [-0.2, -0.15) is 4.31 Å². The summed E-state index contributed by atoms with van der Waals surface area (Å²) in [7, 11) is -3.55. The second-order valence-corrected chi connectivity index (χ2v) is 8.37. The van der Waals surface area contributed by atoms with Gasteiger partial charge in [0.2, 0.25) is 21.8 Å². The van der Waals surface area contributed by atoms with Crippen LogP contribution in [-0.4, -0.2) is 43.4 Å². The van der Waals surface area contributed by atoms with Crippen molar-refractivity contribution in [3.63, 3.8) is 0 Å². The molecule has 0 unspecified atom stereocenters. The molecule has 0 atom stereocenters. The highest BCUT2D eigenvalue weighted by Crippen LogP contribution is 2.14. The Kier molecular flexibility index (Phi) is 7.71. The van der Waals surface area contributed by atoms with Gasteiger partial charge in [-0.25, -0.2) is 8.42 Å². The molecule has 0 radical (unpaired) electrons. The summed E-state index contributed by atoms with van der Waals surface area (Å²) in [6, 6.07) is 16.0. The Hall–Kier alpha value is -2.71. The number of carbonyl (C=O) groups excluding carboxylic acids is 2. The quantitative estimate of drug-likeness (QED) is 0.672. The highest BCUT2D eigenvalue weighted by atomic mass is 32.2. The van der Waals surface area contributed by atoms with Crippen molar-refractivity contribution in [1.29, 1.82) is 0 Å². The Morgan fingerprint density at radius 1 is 0.929 bits per heavy atom. The standard InChI is InChI=1S/C20H25N3O4S/c1-3-23(28(26,27)14-13-17-7-5-4-6-8-17)15-20(25)22-19-11-9-18(10-12-19)21-16(2)24/h4-12H,3,13-15H2,1-2H3,(H,21,24)(H,22,25). The Morgan fingerprint density at radius 2 is 1.50 bits per heavy atom. The second-order valence-electron chi connectivity index (χ2n) is 6.28. The molecule has 0 saturated heterocycles. The van der Waals surface area contributed by atoms with Crippen molar-refractivity contribution in [2.45, 2.75) is 20.3 Å². The third-order valence-corrected chi connectivity index (χ3v) is 5.94. The topological polar surface area (TPSA) is 95.6 Å². The highest BCUT2D eigenvalue weighted by Gasteiger charge is 2.23.